The Labute approximate surface area is 150 Å². The molecule has 1 aromatic carbocycles. The van der Waals surface area contributed by atoms with Crippen molar-refractivity contribution < 1.29 is 4.79 Å². The first kappa shape index (κ1) is 17.8. The summed E-state index contributed by atoms with van der Waals surface area (Å²) in [4.78, 5) is 18.9. The Hall–Kier alpha value is -2.04. The van der Waals surface area contributed by atoms with Gasteiger partial charge in [0.2, 0.25) is 5.91 Å². The van der Waals surface area contributed by atoms with Crippen LogP contribution in [0.15, 0.2) is 29.3 Å². The van der Waals surface area contributed by atoms with Gasteiger partial charge in [-0.15, -0.1) is 0 Å². The second-order valence-electron chi connectivity index (χ2n) is 7.26. The summed E-state index contributed by atoms with van der Waals surface area (Å²) in [6, 6.07) is 8.20. The molecule has 0 bridgehead atoms. The number of guanidine groups is 1. The molecular formula is C20H30N4O. The molecule has 2 aliphatic rings. The number of aryl methyl sites for hydroxylation is 1. The molecule has 25 heavy (non-hydrogen) atoms. The standard InChI is InChI=1S/C20H30N4O/c1-3-20(11-7-12-20)15-23-19(21-2)22-14-18(25)24-13-6-9-16-8-4-5-10-17(16)24/h4-5,8,10H,3,6-7,9,11-15H2,1-2H3,(H2,21,22,23). The zero-order valence-electron chi connectivity index (χ0n) is 15.5. The molecule has 5 heteroatoms. The predicted octanol–water partition coefficient (Wildman–Crippen LogP) is 2.71. The van der Waals surface area contributed by atoms with E-state index in [4.69, 9.17) is 0 Å². The normalized spacial score (nSPS) is 19.0. The molecule has 136 valence electrons. The highest BCUT2D eigenvalue weighted by molar-refractivity contribution is 5.98. The molecule has 0 spiro atoms. The summed E-state index contributed by atoms with van der Waals surface area (Å²) in [5.74, 6) is 0.822. The fourth-order valence-corrected chi connectivity index (χ4v) is 3.87. The highest BCUT2D eigenvalue weighted by atomic mass is 16.2. The fourth-order valence-electron chi connectivity index (χ4n) is 3.87. The maximum atomic E-state index is 12.7. The molecule has 0 saturated heterocycles. The average Bonchev–Trinajstić information content (AvgIpc) is 2.62. The quantitative estimate of drug-likeness (QED) is 0.639. The smallest absolute Gasteiger partial charge is 0.246 e. The number of para-hydroxylation sites is 1. The summed E-state index contributed by atoms with van der Waals surface area (Å²) < 4.78 is 0. The molecule has 0 atom stereocenters. The van der Waals surface area contributed by atoms with Gasteiger partial charge in [0.05, 0.1) is 6.54 Å². The van der Waals surface area contributed by atoms with Gasteiger partial charge in [-0.05, 0) is 49.1 Å². The van der Waals surface area contributed by atoms with E-state index in [0.717, 1.165) is 37.6 Å². The van der Waals surface area contributed by atoms with Crippen LogP contribution in [0.1, 0.15) is 44.6 Å². The molecule has 1 aromatic rings. The lowest BCUT2D eigenvalue weighted by molar-refractivity contribution is -0.117. The van der Waals surface area contributed by atoms with E-state index in [1.54, 1.807) is 7.05 Å². The van der Waals surface area contributed by atoms with Gasteiger partial charge in [0.25, 0.3) is 0 Å². The third-order valence-electron chi connectivity index (χ3n) is 5.84. The van der Waals surface area contributed by atoms with Crippen LogP contribution in [-0.4, -0.2) is 38.5 Å². The van der Waals surface area contributed by atoms with E-state index in [1.165, 1.54) is 31.2 Å². The average molecular weight is 342 g/mol. The van der Waals surface area contributed by atoms with Gasteiger partial charge in [0.1, 0.15) is 0 Å². The van der Waals surface area contributed by atoms with Crippen molar-refractivity contribution in [2.45, 2.75) is 45.4 Å². The van der Waals surface area contributed by atoms with E-state index < -0.39 is 0 Å². The molecule has 0 radical (unpaired) electrons. The van der Waals surface area contributed by atoms with Crippen LogP contribution >= 0.6 is 0 Å². The molecule has 5 nitrogen and oxygen atoms in total. The number of anilines is 1. The number of aliphatic imine (C=N–C) groups is 1. The zero-order valence-corrected chi connectivity index (χ0v) is 15.5. The molecule has 3 rings (SSSR count). The summed E-state index contributed by atoms with van der Waals surface area (Å²) >= 11 is 0. The number of rotatable bonds is 5. The maximum absolute atomic E-state index is 12.7. The minimum absolute atomic E-state index is 0.101. The van der Waals surface area contributed by atoms with Crippen molar-refractivity contribution in [2.24, 2.45) is 10.4 Å². The van der Waals surface area contributed by atoms with Crippen molar-refractivity contribution in [3.63, 3.8) is 0 Å². The predicted molar refractivity (Wildman–Crippen MR) is 103 cm³/mol. The van der Waals surface area contributed by atoms with Crippen LogP contribution in [0, 0.1) is 5.41 Å². The van der Waals surface area contributed by atoms with Crippen molar-refractivity contribution in [3.05, 3.63) is 29.8 Å². The van der Waals surface area contributed by atoms with Crippen LogP contribution < -0.4 is 15.5 Å². The number of benzene rings is 1. The Bertz CT molecular complexity index is 631. The SMILES string of the molecule is CCC1(CNC(=NC)NCC(=O)N2CCCc3ccccc32)CCC1. The fraction of sp³-hybridized carbons (Fsp3) is 0.600. The maximum Gasteiger partial charge on any atom is 0.246 e. The highest BCUT2D eigenvalue weighted by Gasteiger charge is 2.35. The Morgan fingerprint density at radius 1 is 1.24 bits per heavy atom. The van der Waals surface area contributed by atoms with E-state index in [1.807, 2.05) is 23.1 Å². The highest BCUT2D eigenvalue weighted by Crippen LogP contribution is 2.42. The van der Waals surface area contributed by atoms with Crippen LogP contribution in [-0.2, 0) is 11.2 Å². The molecule has 0 aromatic heterocycles. The third-order valence-corrected chi connectivity index (χ3v) is 5.84. The van der Waals surface area contributed by atoms with Crippen molar-refractivity contribution in [2.75, 3.05) is 31.6 Å². The lowest BCUT2D eigenvalue weighted by atomic mass is 9.67. The first-order valence-corrected chi connectivity index (χ1v) is 9.50. The molecule has 1 amide bonds. The summed E-state index contributed by atoms with van der Waals surface area (Å²) in [6.45, 7) is 4.26. The van der Waals surface area contributed by atoms with E-state index in [9.17, 15) is 4.79 Å². The number of nitrogens with zero attached hydrogens (tertiary/aromatic N) is 2. The molecular weight excluding hydrogens is 312 g/mol. The van der Waals surface area contributed by atoms with Gasteiger partial charge in [0.15, 0.2) is 5.96 Å². The molecule has 2 N–H and O–H groups in total. The van der Waals surface area contributed by atoms with E-state index >= 15 is 0 Å². The number of nitrogens with one attached hydrogen (secondary N) is 2. The Balaban J connectivity index is 1.53. The lowest BCUT2D eigenvalue weighted by Crippen LogP contribution is -2.49. The minimum Gasteiger partial charge on any atom is -0.356 e. The number of hydrogen-bond acceptors (Lipinski definition) is 2. The number of amides is 1. The summed E-state index contributed by atoms with van der Waals surface area (Å²) in [5, 5.41) is 6.60. The zero-order chi connectivity index (χ0) is 17.7. The van der Waals surface area contributed by atoms with Gasteiger partial charge in [-0.2, -0.15) is 0 Å². The second kappa shape index (κ2) is 7.89. The minimum atomic E-state index is 0.101. The van der Waals surface area contributed by atoms with Gasteiger partial charge in [-0.1, -0.05) is 31.5 Å². The summed E-state index contributed by atoms with van der Waals surface area (Å²) in [6.07, 6.45) is 7.17. The summed E-state index contributed by atoms with van der Waals surface area (Å²) in [7, 11) is 1.76. The van der Waals surface area contributed by atoms with Crippen LogP contribution in [0.25, 0.3) is 0 Å². The number of carbonyl (C=O) groups excluding carboxylic acids is 1. The van der Waals surface area contributed by atoms with Gasteiger partial charge >= 0.3 is 0 Å². The summed E-state index contributed by atoms with van der Waals surface area (Å²) in [5.41, 5.74) is 2.75. The molecule has 1 heterocycles. The largest absolute Gasteiger partial charge is 0.356 e. The number of fused-ring (bicyclic) bond motifs is 1. The second-order valence-corrected chi connectivity index (χ2v) is 7.26. The van der Waals surface area contributed by atoms with Crippen LogP contribution in [0.4, 0.5) is 5.69 Å². The molecule has 0 unspecified atom stereocenters. The van der Waals surface area contributed by atoms with Gasteiger partial charge in [0, 0.05) is 25.8 Å². The van der Waals surface area contributed by atoms with Crippen LogP contribution in [0.2, 0.25) is 0 Å². The van der Waals surface area contributed by atoms with Crippen molar-refractivity contribution in [1.29, 1.82) is 0 Å². The Morgan fingerprint density at radius 3 is 2.72 bits per heavy atom. The van der Waals surface area contributed by atoms with Gasteiger partial charge < -0.3 is 15.5 Å². The van der Waals surface area contributed by atoms with Gasteiger partial charge in [-0.25, -0.2) is 0 Å². The third kappa shape index (κ3) is 3.97. The van der Waals surface area contributed by atoms with E-state index in [0.29, 0.717) is 5.41 Å². The van der Waals surface area contributed by atoms with Crippen molar-refractivity contribution in [1.82, 2.24) is 10.6 Å². The van der Waals surface area contributed by atoms with E-state index in [-0.39, 0.29) is 12.5 Å². The first-order chi connectivity index (χ1) is 12.2. The molecule has 1 fully saturated rings. The molecule has 1 aliphatic carbocycles. The van der Waals surface area contributed by atoms with Crippen LogP contribution in [0.3, 0.4) is 0 Å². The molecule has 1 aliphatic heterocycles. The van der Waals surface area contributed by atoms with E-state index in [2.05, 4.69) is 28.6 Å². The van der Waals surface area contributed by atoms with Crippen LogP contribution in [0.5, 0.6) is 0 Å². The monoisotopic (exact) mass is 342 g/mol. The van der Waals surface area contributed by atoms with Crippen molar-refractivity contribution in [3.8, 4) is 0 Å². The Morgan fingerprint density at radius 2 is 2.04 bits per heavy atom. The lowest BCUT2D eigenvalue weighted by Gasteiger charge is -2.41. The molecule has 1 saturated carbocycles. The van der Waals surface area contributed by atoms with Gasteiger partial charge in [-0.3, -0.25) is 9.79 Å². The topological polar surface area (TPSA) is 56.7 Å². The number of carbonyl (C=O) groups is 1. The number of hydrogen-bond donors (Lipinski definition) is 2. The Kier molecular flexibility index (Phi) is 5.61. The van der Waals surface area contributed by atoms with Crippen molar-refractivity contribution >= 4 is 17.6 Å². The first-order valence-electron chi connectivity index (χ1n) is 9.50.